The third-order valence-corrected chi connectivity index (χ3v) is 1.21. The third kappa shape index (κ3) is 1.64. The van der Waals surface area contributed by atoms with Crippen molar-refractivity contribution in [2.45, 2.75) is 0 Å². The molecule has 0 saturated heterocycles. The molecule has 11 heavy (non-hydrogen) atoms. The molecule has 0 amide bonds. The van der Waals surface area contributed by atoms with Gasteiger partial charge >= 0.3 is 0 Å². The Kier molecular flexibility index (Phi) is 2.01. The van der Waals surface area contributed by atoms with Gasteiger partial charge in [0.15, 0.2) is 0 Å². The summed E-state index contributed by atoms with van der Waals surface area (Å²) in [5.41, 5.74) is 0.0766. The summed E-state index contributed by atoms with van der Waals surface area (Å²) >= 11 is 0. The van der Waals surface area contributed by atoms with Gasteiger partial charge in [-0.1, -0.05) is 12.1 Å². The molecule has 0 heterocycles. The Labute approximate surface area is 64.1 Å². The molecule has 0 aliphatic rings. The van der Waals surface area contributed by atoms with Crippen molar-refractivity contribution < 1.29 is 4.92 Å². The molecule has 1 aromatic carbocycles. The van der Waals surface area contributed by atoms with Crippen molar-refractivity contribution in [3.8, 4) is 0 Å². The van der Waals surface area contributed by atoms with Gasteiger partial charge in [0.1, 0.15) is 0 Å². The molecule has 0 saturated carbocycles. The highest BCUT2D eigenvalue weighted by Gasteiger charge is 2.08. The topological polar surface area (TPSA) is 43.1 Å². The first kappa shape index (κ1) is 7.47. The van der Waals surface area contributed by atoms with Gasteiger partial charge in [-0.3, -0.25) is 10.1 Å². The first-order valence-electron chi connectivity index (χ1n) is 2.95. The maximum absolute atomic E-state index is 10.1. The molecular weight excluding hydrogens is 142 g/mol. The average molecular weight is 147 g/mol. The standard InChI is InChI=1S/C8H5NO2/c1-7(9(10)11)8-5-3-2-4-6-8/h1,3-6H. The largest absolute Gasteiger partial charge is 0.276 e. The van der Waals surface area contributed by atoms with Crippen molar-refractivity contribution in [2.75, 3.05) is 0 Å². The van der Waals surface area contributed by atoms with Gasteiger partial charge in [0, 0.05) is 6.58 Å². The van der Waals surface area contributed by atoms with Crippen LogP contribution in [0.1, 0.15) is 5.56 Å². The van der Waals surface area contributed by atoms with E-state index in [0.717, 1.165) is 0 Å². The molecule has 0 unspecified atom stereocenters. The minimum absolute atomic E-state index is 0.334. The lowest BCUT2D eigenvalue weighted by Gasteiger charge is -1.93. The zero-order valence-electron chi connectivity index (χ0n) is 5.65. The van der Waals surface area contributed by atoms with E-state index in [0.29, 0.717) is 5.56 Å². The summed E-state index contributed by atoms with van der Waals surface area (Å²) in [6, 6.07) is 8.96. The van der Waals surface area contributed by atoms with Crippen LogP contribution in [0.4, 0.5) is 0 Å². The Bertz CT molecular complexity index is 279. The highest BCUT2D eigenvalue weighted by atomic mass is 16.6. The van der Waals surface area contributed by atoms with Crippen molar-refractivity contribution in [1.29, 1.82) is 0 Å². The summed E-state index contributed by atoms with van der Waals surface area (Å²) in [6.45, 7) is 5.14. The second-order valence-corrected chi connectivity index (χ2v) is 1.93. The van der Waals surface area contributed by atoms with E-state index < -0.39 is 4.92 Å². The predicted molar refractivity (Wildman–Crippen MR) is 40.0 cm³/mol. The van der Waals surface area contributed by atoms with Crippen LogP contribution in [0.5, 0.6) is 0 Å². The van der Waals surface area contributed by atoms with Crippen LogP contribution < -0.4 is 0 Å². The van der Waals surface area contributed by atoms with Gasteiger partial charge in [-0.2, -0.15) is 0 Å². The Morgan fingerprint density at radius 3 is 2.55 bits per heavy atom. The number of benzene rings is 1. The average Bonchev–Trinajstić information content (AvgIpc) is 2.05. The molecular formula is C8H5NO2. The van der Waals surface area contributed by atoms with Gasteiger partial charge in [0.2, 0.25) is 0 Å². The molecule has 0 N–H and O–H groups in total. The van der Waals surface area contributed by atoms with Crippen molar-refractivity contribution in [2.24, 2.45) is 0 Å². The van der Waals surface area contributed by atoms with E-state index >= 15 is 0 Å². The second kappa shape index (κ2) is 2.96. The first-order chi connectivity index (χ1) is 5.22. The molecule has 0 spiro atoms. The Morgan fingerprint density at radius 2 is 2.09 bits per heavy atom. The zero-order valence-corrected chi connectivity index (χ0v) is 5.65. The summed E-state index contributed by atoms with van der Waals surface area (Å²) in [6.07, 6.45) is 0. The molecule has 1 rings (SSSR count). The Balaban J connectivity index is 2.95. The fourth-order valence-corrected chi connectivity index (χ4v) is 0.663. The summed E-state index contributed by atoms with van der Waals surface area (Å²) in [7, 11) is 0. The van der Waals surface area contributed by atoms with Gasteiger partial charge in [0.05, 0.1) is 10.5 Å². The molecule has 0 bridgehead atoms. The SMILES string of the molecule is [CH]=C(c1cc[c]cc1)[N+](=O)[O-]. The third-order valence-electron chi connectivity index (χ3n) is 1.21. The van der Waals surface area contributed by atoms with E-state index in [1.165, 1.54) is 12.1 Å². The van der Waals surface area contributed by atoms with Crippen molar-refractivity contribution in [3.05, 3.63) is 52.6 Å². The summed E-state index contributed by atoms with van der Waals surface area (Å²) in [5, 5.41) is 10.1. The summed E-state index contributed by atoms with van der Waals surface area (Å²) in [4.78, 5) is 9.52. The van der Waals surface area contributed by atoms with Crippen LogP contribution in [0.15, 0.2) is 24.3 Å². The monoisotopic (exact) mass is 147 g/mol. The molecule has 0 atom stereocenters. The van der Waals surface area contributed by atoms with E-state index in [2.05, 4.69) is 6.07 Å². The number of hydrogen-bond donors (Lipinski definition) is 0. The minimum atomic E-state index is -0.616. The Hall–Kier alpha value is -1.64. The molecule has 54 valence electrons. The fourth-order valence-electron chi connectivity index (χ4n) is 0.663. The molecule has 1 aromatic rings. The molecule has 2 radical (unpaired) electrons. The number of rotatable bonds is 2. The van der Waals surface area contributed by atoms with Crippen LogP contribution in [0.25, 0.3) is 5.70 Å². The number of nitro groups is 1. The van der Waals surface area contributed by atoms with Crippen LogP contribution in [-0.4, -0.2) is 4.92 Å². The number of nitrogens with zero attached hydrogens (tertiary/aromatic N) is 1. The van der Waals surface area contributed by atoms with E-state index in [1.807, 2.05) is 0 Å². The number of hydrogen-bond acceptors (Lipinski definition) is 2. The molecule has 0 aliphatic heterocycles. The van der Waals surface area contributed by atoms with Crippen molar-refractivity contribution in [3.63, 3.8) is 0 Å². The molecule has 3 heteroatoms. The zero-order chi connectivity index (χ0) is 8.27. The quantitative estimate of drug-likeness (QED) is 0.470. The van der Waals surface area contributed by atoms with Crippen LogP contribution in [0.2, 0.25) is 0 Å². The van der Waals surface area contributed by atoms with E-state index in [9.17, 15) is 10.1 Å². The maximum atomic E-state index is 10.1. The van der Waals surface area contributed by atoms with Crippen LogP contribution in [-0.2, 0) is 0 Å². The van der Waals surface area contributed by atoms with E-state index in [-0.39, 0.29) is 5.70 Å². The predicted octanol–water partition coefficient (Wildman–Crippen LogP) is 1.54. The van der Waals surface area contributed by atoms with E-state index in [4.69, 9.17) is 6.58 Å². The fraction of sp³-hybridized carbons (Fsp3) is 0. The highest BCUT2D eigenvalue weighted by molar-refractivity contribution is 5.53. The molecule has 0 fully saturated rings. The molecule has 0 aromatic heterocycles. The van der Waals surface area contributed by atoms with Gasteiger partial charge in [0.25, 0.3) is 5.70 Å². The highest BCUT2D eigenvalue weighted by Crippen LogP contribution is 2.10. The molecule has 0 aliphatic carbocycles. The molecule has 3 nitrogen and oxygen atoms in total. The van der Waals surface area contributed by atoms with Gasteiger partial charge in [-0.05, 0) is 18.2 Å². The lowest BCUT2D eigenvalue weighted by Crippen LogP contribution is -1.95. The minimum Gasteiger partial charge on any atom is -0.258 e. The van der Waals surface area contributed by atoms with Crippen molar-refractivity contribution in [1.82, 2.24) is 0 Å². The Morgan fingerprint density at radius 1 is 1.55 bits per heavy atom. The second-order valence-electron chi connectivity index (χ2n) is 1.93. The van der Waals surface area contributed by atoms with Crippen LogP contribution in [0.3, 0.4) is 0 Å². The van der Waals surface area contributed by atoms with Gasteiger partial charge < -0.3 is 0 Å². The van der Waals surface area contributed by atoms with Crippen LogP contribution >= 0.6 is 0 Å². The lowest BCUT2D eigenvalue weighted by atomic mass is 10.2. The van der Waals surface area contributed by atoms with E-state index in [1.54, 1.807) is 12.1 Å². The van der Waals surface area contributed by atoms with Gasteiger partial charge in [-0.25, -0.2) is 0 Å². The van der Waals surface area contributed by atoms with Crippen molar-refractivity contribution >= 4 is 5.70 Å². The smallest absolute Gasteiger partial charge is 0.258 e. The normalized spacial score (nSPS) is 9.09. The summed E-state index contributed by atoms with van der Waals surface area (Å²) < 4.78 is 0. The van der Waals surface area contributed by atoms with Gasteiger partial charge in [-0.15, -0.1) is 0 Å². The maximum Gasteiger partial charge on any atom is 0.276 e. The lowest BCUT2D eigenvalue weighted by molar-refractivity contribution is -0.375. The first-order valence-corrected chi connectivity index (χ1v) is 2.95. The van der Waals surface area contributed by atoms with Crippen LogP contribution in [0, 0.1) is 22.8 Å². The summed E-state index contributed by atoms with van der Waals surface area (Å²) in [5.74, 6) is 0.